The number of likely N-dealkylation sites (tertiary alicyclic amines) is 1. The number of piperidine rings is 1. The molecule has 0 aromatic heterocycles. The summed E-state index contributed by atoms with van der Waals surface area (Å²) in [5.74, 6) is 0.410. The highest BCUT2D eigenvalue weighted by Gasteiger charge is 2.20. The molecular formula is C21H24Cl2N2OS. The molecule has 0 bridgehead atoms. The van der Waals surface area contributed by atoms with E-state index in [9.17, 15) is 4.79 Å². The molecule has 3 nitrogen and oxygen atoms in total. The number of nitrogens with zero attached hydrogens (tertiary/aromatic N) is 1. The number of carbonyl (C=O) groups excluding carboxylic acids is 1. The van der Waals surface area contributed by atoms with Crippen LogP contribution in [0.4, 0.5) is 0 Å². The van der Waals surface area contributed by atoms with Crippen LogP contribution in [-0.4, -0.2) is 42.2 Å². The fourth-order valence-electron chi connectivity index (χ4n) is 3.23. The Balaban J connectivity index is 1.36. The molecule has 1 heterocycles. The third-order valence-corrected chi connectivity index (χ3v) is 6.50. The lowest BCUT2D eigenvalue weighted by atomic mass is 10.0. The molecule has 0 atom stereocenters. The van der Waals surface area contributed by atoms with Gasteiger partial charge in [0.25, 0.3) is 0 Å². The maximum absolute atomic E-state index is 12.3. The topological polar surface area (TPSA) is 32.3 Å². The van der Waals surface area contributed by atoms with Crippen LogP contribution in [0.3, 0.4) is 0 Å². The first-order valence-corrected chi connectivity index (χ1v) is 11.0. The van der Waals surface area contributed by atoms with E-state index in [1.54, 1.807) is 18.2 Å². The molecule has 0 aliphatic carbocycles. The molecule has 6 heteroatoms. The van der Waals surface area contributed by atoms with Gasteiger partial charge in [-0.1, -0.05) is 53.5 Å². The Morgan fingerprint density at radius 1 is 1.11 bits per heavy atom. The molecular weight excluding hydrogens is 399 g/mol. The van der Waals surface area contributed by atoms with E-state index in [1.807, 2.05) is 0 Å². The van der Waals surface area contributed by atoms with E-state index in [4.69, 9.17) is 23.2 Å². The van der Waals surface area contributed by atoms with E-state index in [-0.39, 0.29) is 11.9 Å². The lowest BCUT2D eigenvalue weighted by Crippen LogP contribution is -2.45. The van der Waals surface area contributed by atoms with E-state index < -0.39 is 0 Å². The molecule has 1 aliphatic rings. The summed E-state index contributed by atoms with van der Waals surface area (Å²) < 4.78 is 0. The summed E-state index contributed by atoms with van der Waals surface area (Å²) in [5, 5.41) is 4.41. The number of hydrogen-bond acceptors (Lipinski definition) is 3. The highest BCUT2D eigenvalue weighted by molar-refractivity contribution is 8.00. The number of rotatable bonds is 7. The third-order valence-electron chi connectivity index (χ3n) is 4.76. The average Bonchev–Trinajstić information content (AvgIpc) is 2.69. The molecule has 1 N–H and O–H groups in total. The van der Waals surface area contributed by atoms with Crippen molar-refractivity contribution in [1.29, 1.82) is 0 Å². The van der Waals surface area contributed by atoms with Gasteiger partial charge in [0, 0.05) is 35.6 Å². The Hall–Kier alpha value is -1.20. The minimum absolute atomic E-state index is 0.0544. The van der Waals surface area contributed by atoms with Crippen LogP contribution >= 0.6 is 35.0 Å². The molecule has 1 aliphatic heterocycles. The molecule has 27 heavy (non-hydrogen) atoms. The van der Waals surface area contributed by atoms with Crippen molar-refractivity contribution in [2.24, 2.45) is 0 Å². The van der Waals surface area contributed by atoms with E-state index in [0.717, 1.165) is 43.8 Å². The Morgan fingerprint density at radius 3 is 2.59 bits per heavy atom. The number of carbonyl (C=O) groups is 1. The summed E-state index contributed by atoms with van der Waals surface area (Å²) in [7, 11) is 0. The lowest BCUT2D eigenvalue weighted by molar-refractivity contribution is -0.119. The zero-order valence-electron chi connectivity index (χ0n) is 15.2. The zero-order valence-corrected chi connectivity index (χ0v) is 17.5. The van der Waals surface area contributed by atoms with Crippen molar-refractivity contribution in [3.05, 3.63) is 64.1 Å². The van der Waals surface area contributed by atoms with Crippen LogP contribution in [0.2, 0.25) is 10.0 Å². The van der Waals surface area contributed by atoms with E-state index in [1.165, 1.54) is 17.3 Å². The van der Waals surface area contributed by atoms with Gasteiger partial charge in [-0.05, 0) is 43.0 Å². The number of thioether (sulfide) groups is 1. The van der Waals surface area contributed by atoms with Gasteiger partial charge in [0.15, 0.2) is 0 Å². The smallest absolute Gasteiger partial charge is 0.230 e. The number of amides is 1. The van der Waals surface area contributed by atoms with Crippen LogP contribution in [0, 0.1) is 0 Å². The van der Waals surface area contributed by atoms with Crippen molar-refractivity contribution in [2.45, 2.75) is 30.2 Å². The van der Waals surface area contributed by atoms with Gasteiger partial charge in [-0.3, -0.25) is 4.79 Å². The highest BCUT2D eigenvalue weighted by atomic mass is 35.5. The molecule has 0 spiro atoms. The summed E-state index contributed by atoms with van der Waals surface area (Å²) in [6.07, 6.45) is 3.08. The Kier molecular flexibility index (Phi) is 7.89. The van der Waals surface area contributed by atoms with Crippen molar-refractivity contribution in [1.82, 2.24) is 10.2 Å². The van der Waals surface area contributed by atoms with Gasteiger partial charge in [0.1, 0.15) is 0 Å². The molecule has 144 valence electrons. The first-order valence-electron chi connectivity index (χ1n) is 9.23. The second-order valence-electron chi connectivity index (χ2n) is 6.78. The van der Waals surface area contributed by atoms with Crippen molar-refractivity contribution in [3.63, 3.8) is 0 Å². The van der Waals surface area contributed by atoms with E-state index in [0.29, 0.717) is 15.8 Å². The largest absolute Gasteiger partial charge is 0.353 e. The van der Waals surface area contributed by atoms with Gasteiger partial charge < -0.3 is 10.2 Å². The Morgan fingerprint density at radius 2 is 1.85 bits per heavy atom. The predicted molar refractivity (Wildman–Crippen MR) is 115 cm³/mol. The second kappa shape index (κ2) is 10.4. The second-order valence-corrected chi connectivity index (χ2v) is 8.64. The Bertz CT molecular complexity index is 749. The summed E-state index contributed by atoms with van der Waals surface area (Å²) >= 11 is 13.6. The fourth-order valence-corrected chi connectivity index (χ4v) is 4.54. The fraction of sp³-hybridized carbons (Fsp3) is 0.381. The molecule has 0 unspecified atom stereocenters. The summed E-state index contributed by atoms with van der Waals surface area (Å²) in [4.78, 5) is 15.6. The summed E-state index contributed by atoms with van der Waals surface area (Å²) in [5.41, 5.74) is 1.38. The SMILES string of the molecule is O=C(CSc1cc(Cl)ccc1Cl)NC1CCN(CCc2ccccc2)CC1. The molecule has 1 saturated heterocycles. The molecule has 0 radical (unpaired) electrons. The van der Waals surface area contributed by atoms with Gasteiger partial charge in [0.2, 0.25) is 5.91 Å². The number of nitrogens with one attached hydrogen (secondary N) is 1. The van der Waals surface area contributed by atoms with E-state index in [2.05, 4.69) is 40.5 Å². The average molecular weight is 423 g/mol. The molecule has 1 fully saturated rings. The van der Waals surface area contributed by atoms with Gasteiger partial charge in [0.05, 0.1) is 10.8 Å². The molecule has 3 rings (SSSR count). The van der Waals surface area contributed by atoms with Crippen LogP contribution in [0.1, 0.15) is 18.4 Å². The van der Waals surface area contributed by atoms with Gasteiger partial charge in [-0.25, -0.2) is 0 Å². The molecule has 1 amide bonds. The first-order chi connectivity index (χ1) is 13.1. The predicted octanol–water partition coefficient (Wildman–Crippen LogP) is 4.91. The standard InChI is InChI=1S/C21H24Cl2N2OS/c22-17-6-7-19(23)20(14-17)27-15-21(26)24-18-9-12-25(13-10-18)11-8-16-4-2-1-3-5-16/h1-7,14,18H,8-13,15H2,(H,24,26). The first kappa shape index (κ1) is 20.5. The monoisotopic (exact) mass is 422 g/mol. The van der Waals surface area contributed by atoms with Gasteiger partial charge in [-0.15, -0.1) is 11.8 Å². The summed E-state index contributed by atoms with van der Waals surface area (Å²) in [6.45, 7) is 3.14. The quantitative estimate of drug-likeness (QED) is 0.643. The van der Waals surface area contributed by atoms with Crippen molar-refractivity contribution in [3.8, 4) is 0 Å². The van der Waals surface area contributed by atoms with Crippen LogP contribution in [-0.2, 0) is 11.2 Å². The normalized spacial score (nSPS) is 15.6. The number of benzene rings is 2. The van der Waals surface area contributed by atoms with Crippen LogP contribution in [0.25, 0.3) is 0 Å². The lowest BCUT2D eigenvalue weighted by Gasteiger charge is -2.32. The highest BCUT2D eigenvalue weighted by Crippen LogP contribution is 2.29. The van der Waals surface area contributed by atoms with Crippen LogP contribution in [0.15, 0.2) is 53.4 Å². The maximum atomic E-state index is 12.3. The van der Waals surface area contributed by atoms with Gasteiger partial charge in [-0.2, -0.15) is 0 Å². The summed E-state index contributed by atoms with van der Waals surface area (Å²) in [6, 6.07) is 16.2. The van der Waals surface area contributed by atoms with Crippen LogP contribution < -0.4 is 5.32 Å². The third kappa shape index (κ3) is 6.72. The minimum Gasteiger partial charge on any atom is -0.353 e. The van der Waals surface area contributed by atoms with Gasteiger partial charge >= 0.3 is 0 Å². The number of halogens is 2. The van der Waals surface area contributed by atoms with Crippen LogP contribution in [0.5, 0.6) is 0 Å². The van der Waals surface area contributed by atoms with Crippen molar-refractivity contribution >= 4 is 40.9 Å². The van der Waals surface area contributed by atoms with Crippen molar-refractivity contribution in [2.75, 3.05) is 25.4 Å². The van der Waals surface area contributed by atoms with Crippen molar-refractivity contribution < 1.29 is 4.79 Å². The maximum Gasteiger partial charge on any atom is 0.230 e. The minimum atomic E-state index is 0.0544. The molecule has 0 saturated carbocycles. The zero-order chi connectivity index (χ0) is 19.1. The molecule has 2 aromatic rings. The number of hydrogen-bond donors (Lipinski definition) is 1. The Labute approximate surface area is 175 Å². The van der Waals surface area contributed by atoms with E-state index >= 15 is 0 Å². The molecule has 2 aromatic carbocycles.